The van der Waals surface area contributed by atoms with Crippen molar-refractivity contribution in [1.82, 2.24) is 14.7 Å². The van der Waals surface area contributed by atoms with E-state index in [9.17, 15) is 9.90 Å². The van der Waals surface area contributed by atoms with Crippen molar-refractivity contribution in [3.05, 3.63) is 77.0 Å². The van der Waals surface area contributed by atoms with Crippen molar-refractivity contribution in [2.75, 3.05) is 39.3 Å². The van der Waals surface area contributed by atoms with Gasteiger partial charge >= 0.3 is 0 Å². The summed E-state index contributed by atoms with van der Waals surface area (Å²) >= 11 is 12.1. The minimum absolute atomic E-state index is 0.105. The number of piperazine rings is 1. The minimum Gasteiger partial charge on any atom is -0.390 e. The Morgan fingerprint density at radius 3 is 2.31 bits per heavy atom. The number of nitrogens with zero attached hydrogens (tertiary/aromatic N) is 3. The van der Waals surface area contributed by atoms with E-state index in [2.05, 4.69) is 29.5 Å². The zero-order valence-electron chi connectivity index (χ0n) is 16.3. The second-order valence-electron chi connectivity index (χ2n) is 7.16. The van der Waals surface area contributed by atoms with Crippen LogP contribution in [0.4, 0.5) is 0 Å². The standard InChI is InChI=1S/C22H25Cl2N3O2/c1-4-20(21(24)15(2)23)26-11-9-25(10-12-26)13-17(28)14-27-16(3)18-7-5-6-8-19(18)22(27)29/h4-8,17,28H,1-3,9-14H2/b21-20-. The van der Waals surface area contributed by atoms with Crippen LogP contribution in [0.25, 0.3) is 5.70 Å². The lowest BCUT2D eigenvalue weighted by Gasteiger charge is -2.38. The van der Waals surface area contributed by atoms with Gasteiger partial charge in [-0.15, -0.1) is 0 Å². The van der Waals surface area contributed by atoms with E-state index in [1.807, 2.05) is 18.2 Å². The molecule has 1 N–H and O–H groups in total. The number of carbonyl (C=O) groups excluding carboxylic acids is 1. The van der Waals surface area contributed by atoms with Crippen molar-refractivity contribution >= 4 is 34.8 Å². The predicted octanol–water partition coefficient (Wildman–Crippen LogP) is 3.48. The second-order valence-corrected chi connectivity index (χ2v) is 7.99. The first-order valence-corrected chi connectivity index (χ1v) is 10.2. The molecule has 1 saturated heterocycles. The van der Waals surface area contributed by atoms with E-state index in [-0.39, 0.29) is 17.5 Å². The highest BCUT2D eigenvalue weighted by molar-refractivity contribution is 6.44. The molecule has 1 aromatic carbocycles. The maximum absolute atomic E-state index is 12.6. The topological polar surface area (TPSA) is 47.0 Å². The van der Waals surface area contributed by atoms with Crippen LogP contribution in [0, 0.1) is 0 Å². The molecule has 0 saturated carbocycles. The lowest BCUT2D eigenvalue weighted by Crippen LogP contribution is -2.49. The molecular weight excluding hydrogens is 409 g/mol. The van der Waals surface area contributed by atoms with Crippen LogP contribution in [0.5, 0.6) is 0 Å². The summed E-state index contributed by atoms with van der Waals surface area (Å²) in [5.74, 6) is -0.105. The van der Waals surface area contributed by atoms with Crippen LogP contribution >= 0.6 is 23.2 Å². The molecule has 2 aliphatic rings. The molecule has 2 aliphatic heterocycles. The van der Waals surface area contributed by atoms with Crippen molar-refractivity contribution in [3.8, 4) is 0 Å². The first-order chi connectivity index (χ1) is 13.8. The van der Waals surface area contributed by atoms with Crippen molar-refractivity contribution in [2.45, 2.75) is 6.10 Å². The summed E-state index contributed by atoms with van der Waals surface area (Å²) in [4.78, 5) is 18.4. The van der Waals surface area contributed by atoms with Crippen molar-refractivity contribution in [1.29, 1.82) is 0 Å². The van der Waals surface area contributed by atoms with E-state index in [0.717, 1.165) is 37.4 Å². The van der Waals surface area contributed by atoms with Crippen LogP contribution in [0.15, 0.2) is 65.8 Å². The number of rotatable bonds is 7. The van der Waals surface area contributed by atoms with Crippen LogP contribution in [0.2, 0.25) is 0 Å². The molecule has 1 amide bonds. The molecule has 1 fully saturated rings. The fourth-order valence-corrected chi connectivity index (χ4v) is 4.06. The molecule has 0 bridgehead atoms. The number of aliphatic hydroxyl groups is 1. The fraction of sp³-hybridized carbons (Fsp3) is 0.318. The van der Waals surface area contributed by atoms with Gasteiger partial charge in [-0.05, 0) is 12.1 Å². The number of hydrogen-bond acceptors (Lipinski definition) is 4. The lowest BCUT2D eigenvalue weighted by atomic mass is 10.1. The summed E-state index contributed by atoms with van der Waals surface area (Å²) in [6.45, 7) is 15.2. The van der Waals surface area contributed by atoms with Crippen LogP contribution in [0.1, 0.15) is 15.9 Å². The Labute approximate surface area is 181 Å². The molecule has 3 rings (SSSR count). The fourth-order valence-electron chi connectivity index (χ4n) is 3.76. The Hall–Kier alpha value is -2.05. The number of fused-ring (bicyclic) bond motifs is 1. The average Bonchev–Trinajstić information content (AvgIpc) is 2.95. The van der Waals surface area contributed by atoms with Gasteiger partial charge in [-0.3, -0.25) is 9.69 Å². The number of hydrogen-bond donors (Lipinski definition) is 1. The number of aliphatic hydroxyl groups excluding tert-OH is 1. The van der Waals surface area contributed by atoms with Crippen molar-refractivity contribution in [2.24, 2.45) is 0 Å². The summed E-state index contributed by atoms with van der Waals surface area (Å²) in [6, 6.07) is 7.39. The van der Waals surface area contributed by atoms with Crippen molar-refractivity contribution < 1.29 is 9.90 Å². The number of allylic oxidation sites excluding steroid dienone is 3. The Kier molecular flexibility index (Phi) is 6.85. The largest absolute Gasteiger partial charge is 0.390 e. The van der Waals surface area contributed by atoms with E-state index in [4.69, 9.17) is 23.2 Å². The molecule has 154 valence electrons. The zero-order valence-corrected chi connectivity index (χ0v) is 17.8. The SMILES string of the molecule is C=C/C(=C(/Cl)C(=C)Cl)N1CCN(CC(O)CN2C(=C)c3ccccc3C2=O)CC1. The maximum Gasteiger partial charge on any atom is 0.259 e. The number of amides is 1. The second kappa shape index (κ2) is 9.18. The highest BCUT2D eigenvalue weighted by atomic mass is 35.5. The van der Waals surface area contributed by atoms with E-state index < -0.39 is 6.10 Å². The van der Waals surface area contributed by atoms with Gasteiger partial charge in [0.05, 0.1) is 28.4 Å². The first-order valence-electron chi connectivity index (χ1n) is 9.46. The molecule has 0 aliphatic carbocycles. The number of carbonyl (C=O) groups is 1. The molecule has 0 spiro atoms. The van der Waals surface area contributed by atoms with Crippen molar-refractivity contribution in [3.63, 3.8) is 0 Å². The van der Waals surface area contributed by atoms with Gasteiger partial charge in [-0.25, -0.2) is 0 Å². The summed E-state index contributed by atoms with van der Waals surface area (Å²) in [5.41, 5.74) is 2.88. The summed E-state index contributed by atoms with van der Waals surface area (Å²) < 4.78 is 0. The molecule has 5 nitrogen and oxygen atoms in total. The van der Waals surface area contributed by atoms with Gasteiger partial charge in [-0.2, -0.15) is 0 Å². The Balaban J connectivity index is 1.55. The van der Waals surface area contributed by atoms with E-state index in [0.29, 0.717) is 22.8 Å². The number of halogens is 2. The monoisotopic (exact) mass is 433 g/mol. The van der Waals surface area contributed by atoms with E-state index in [1.165, 1.54) is 0 Å². The molecule has 1 aromatic rings. The predicted molar refractivity (Wildman–Crippen MR) is 119 cm³/mol. The minimum atomic E-state index is -0.669. The third kappa shape index (κ3) is 4.59. The van der Waals surface area contributed by atoms with Gasteiger partial charge < -0.3 is 14.9 Å². The average molecular weight is 434 g/mol. The Morgan fingerprint density at radius 2 is 1.76 bits per heavy atom. The number of benzene rings is 1. The zero-order chi connectivity index (χ0) is 21.1. The molecule has 1 unspecified atom stereocenters. The van der Waals surface area contributed by atoms with Gasteiger partial charge in [-0.1, -0.05) is 61.1 Å². The smallest absolute Gasteiger partial charge is 0.259 e. The third-order valence-corrected chi connectivity index (χ3v) is 5.98. The lowest BCUT2D eigenvalue weighted by molar-refractivity contribution is 0.0584. The van der Waals surface area contributed by atoms with Gasteiger partial charge in [0.1, 0.15) is 0 Å². The molecule has 0 radical (unpaired) electrons. The molecule has 2 heterocycles. The van der Waals surface area contributed by atoms with Gasteiger partial charge in [0.2, 0.25) is 0 Å². The molecule has 0 aromatic heterocycles. The summed E-state index contributed by atoms with van der Waals surface area (Å²) in [5, 5.41) is 11.3. The molecular formula is C22H25Cl2N3O2. The summed E-state index contributed by atoms with van der Waals surface area (Å²) in [6.07, 6.45) is 1.01. The van der Waals surface area contributed by atoms with E-state index >= 15 is 0 Å². The van der Waals surface area contributed by atoms with Crippen LogP contribution in [-0.4, -0.2) is 71.1 Å². The molecule has 7 heteroatoms. The third-order valence-electron chi connectivity index (χ3n) is 5.27. The number of β-amino-alcohol motifs (C(OH)–C–C–N with tert-alkyl or cyclic N) is 1. The maximum atomic E-state index is 12.6. The quantitative estimate of drug-likeness (QED) is 0.668. The van der Waals surface area contributed by atoms with Crippen LogP contribution in [0.3, 0.4) is 0 Å². The van der Waals surface area contributed by atoms with Gasteiger partial charge in [0, 0.05) is 49.5 Å². The van der Waals surface area contributed by atoms with Crippen LogP contribution in [-0.2, 0) is 0 Å². The molecule has 1 atom stereocenters. The Morgan fingerprint density at radius 1 is 1.14 bits per heavy atom. The van der Waals surface area contributed by atoms with Gasteiger partial charge in [0.25, 0.3) is 5.91 Å². The highest BCUT2D eigenvalue weighted by Crippen LogP contribution is 2.31. The highest BCUT2D eigenvalue weighted by Gasteiger charge is 2.32. The van der Waals surface area contributed by atoms with Gasteiger partial charge in [0.15, 0.2) is 0 Å². The first kappa shape index (κ1) is 21.7. The summed E-state index contributed by atoms with van der Waals surface area (Å²) in [7, 11) is 0. The van der Waals surface area contributed by atoms with E-state index in [1.54, 1.807) is 17.0 Å². The Bertz CT molecular complexity index is 838. The van der Waals surface area contributed by atoms with Crippen LogP contribution < -0.4 is 0 Å². The molecule has 29 heavy (non-hydrogen) atoms. The normalized spacial score (nSPS) is 19.1.